The van der Waals surface area contributed by atoms with Crippen LogP contribution in [0.3, 0.4) is 0 Å². The summed E-state index contributed by atoms with van der Waals surface area (Å²) < 4.78 is 13.0. The van der Waals surface area contributed by atoms with Gasteiger partial charge in [-0.15, -0.1) is 0 Å². The second kappa shape index (κ2) is 7.58. The highest BCUT2D eigenvalue weighted by molar-refractivity contribution is 5.91. The predicted molar refractivity (Wildman–Crippen MR) is 120 cm³/mol. The number of hydrogen-bond donors (Lipinski definition) is 2. The van der Waals surface area contributed by atoms with Crippen molar-refractivity contribution in [1.29, 1.82) is 0 Å². The monoisotopic (exact) mass is 418 g/mol. The normalized spacial score (nSPS) is 16.1. The maximum absolute atomic E-state index is 12.9. The molecule has 2 aromatic carbocycles. The molecule has 2 N–H and O–H groups in total. The number of fused-ring (bicyclic) bond motifs is 4. The predicted octanol–water partition coefficient (Wildman–Crippen LogP) is 4.44. The van der Waals surface area contributed by atoms with Crippen molar-refractivity contribution in [3.63, 3.8) is 0 Å². The first-order valence-electron chi connectivity index (χ1n) is 10.5. The van der Waals surface area contributed by atoms with Gasteiger partial charge in [-0.1, -0.05) is 12.1 Å². The number of piperidine rings is 1. The lowest BCUT2D eigenvalue weighted by Crippen LogP contribution is -2.51. The number of carbonyl (C=O) groups excluding carboxylic acids is 1. The van der Waals surface area contributed by atoms with Crippen LogP contribution in [0.1, 0.15) is 18.5 Å². The van der Waals surface area contributed by atoms with Gasteiger partial charge in [-0.2, -0.15) is 0 Å². The third-order valence-corrected chi connectivity index (χ3v) is 6.33. The van der Waals surface area contributed by atoms with Crippen molar-refractivity contribution >= 4 is 17.4 Å². The minimum Gasteiger partial charge on any atom is -0.497 e. The number of urea groups is 1. The van der Waals surface area contributed by atoms with Crippen molar-refractivity contribution in [3.05, 3.63) is 66.5 Å². The van der Waals surface area contributed by atoms with Gasteiger partial charge in [0.2, 0.25) is 0 Å². The number of ether oxygens (including phenoxy) is 2. The molecule has 0 radical (unpaired) electrons. The maximum Gasteiger partial charge on any atom is 0.321 e. The van der Waals surface area contributed by atoms with Gasteiger partial charge in [0.1, 0.15) is 11.5 Å². The van der Waals surface area contributed by atoms with Gasteiger partial charge in [0.05, 0.1) is 36.8 Å². The molecule has 31 heavy (non-hydrogen) atoms. The van der Waals surface area contributed by atoms with Crippen LogP contribution < -0.4 is 20.1 Å². The Kier molecular flexibility index (Phi) is 4.73. The summed E-state index contributed by atoms with van der Waals surface area (Å²) >= 11 is 0. The highest BCUT2D eigenvalue weighted by Gasteiger charge is 2.42. The van der Waals surface area contributed by atoms with Crippen LogP contribution in [0.4, 0.5) is 16.2 Å². The Hall–Kier alpha value is -3.61. The summed E-state index contributed by atoms with van der Waals surface area (Å²) in [6, 6.07) is 17.7. The molecular weight excluding hydrogens is 392 g/mol. The van der Waals surface area contributed by atoms with Crippen molar-refractivity contribution in [2.45, 2.75) is 18.4 Å². The van der Waals surface area contributed by atoms with E-state index in [4.69, 9.17) is 9.47 Å². The highest BCUT2D eigenvalue weighted by atomic mass is 16.5. The zero-order valence-corrected chi connectivity index (χ0v) is 17.7. The van der Waals surface area contributed by atoms with E-state index in [1.165, 1.54) is 5.69 Å². The van der Waals surface area contributed by atoms with Crippen LogP contribution in [0.5, 0.6) is 11.5 Å². The lowest BCUT2D eigenvalue weighted by molar-refractivity contribution is 0.174. The van der Waals surface area contributed by atoms with E-state index in [-0.39, 0.29) is 11.6 Å². The number of hydrogen-bond acceptors (Lipinski definition) is 4. The molecule has 2 aliphatic heterocycles. The summed E-state index contributed by atoms with van der Waals surface area (Å²) in [6.45, 7) is 1.30. The van der Waals surface area contributed by atoms with E-state index in [2.05, 4.69) is 39.6 Å². The third-order valence-electron chi connectivity index (χ3n) is 6.33. The summed E-state index contributed by atoms with van der Waals surface area (Å²) in [4.78, 5) is 14.8. The van der Waals surface area contributed by atoms with Crippen molar-refractivity contribution < 1.29 is 14.3 Å². The summed E-state index contributed by atoms with van der Waals surface area (Å²) in [5.41, 5.74) is 3.86. The Labute approximate surface area is 181 Å². The number of nitrogens with zero attached hydrogens (tertiary/aromatic N) is 2. The fourth-order valence-corrected chi connectivity index (χ4v) is 4.67. The Morgan fingerprint density at radius 2 is 1.84 bits per heavy atom. The summed E-state index contributed by atoms with van der Waals surface area (Å²) in [6.07, 6.45) is 3.73. The molecule has 1 fully saturated rings. The van der Waals surface area contributed by atoms with E-state index in [1.807, 2.05) is 41.3 Å². The zero-order chi connectivity index (χ0) is 21.4. The number of aromatic nitrogens is 1. The highest BCUT2D eigenvalue weighted by Crippen LogP contribution is 2.44. The molecule has 0 aliphatic carbocycles. The largest absolute Gasteiger partial charge is 0.497 e. The molecule has 3 aromatic rings. The number of carbonyl (C=O) groups is 1. The van der Waals surface area contributed by atoms with E-state index >= 15 is 0 Å². The zero-order valence-electron chi connectivity index (χ0n) is 17.7. The number of amides is 2. The average molecular weight is 418 g/mol. The van der Waals surface area contributed by atoms with Crippen molar-refractivity contribution in [3.8, 4) is 17.2 Å². The van der Waals surface area contributed by atoms with E-state index in [0.29, 0.717) is 24.5 Å². The van der Waals surface area contributed by atoms with Crippen molar-refractivity contribution in [2.75, 3.05) is 37.9 Å². The SMILES string of the molecule is COc1ccc2c(c1)NC1(CCN(C(=O)Nc3ccccc3OC)CC1)c1cccn1-2. The van der Waals surface area contributed by atoms with E-state index < -0.39 is 0 Å². The van der Waals surface area contributed by atoms with Crippen LogP contribution in [0.15, 0.2) is 60.8 Å². The average Bonchev–Trinajstić information content (AvgIpc) is 3.31. The van der Waals surface area contributed by atoms with Gasteiger partial charge < -0.3 is 29.6 Å². The van der Waals surface area contributed by atoms with Gasteiger partial charge in [-0.3, -0.25) is 0 Å². The second-order valence-electron chi connectivity index (χ2n) is 7.97. The smallest absolute Gasteiger partial charge is 0.321 e. The maximum atomic E-state index is 12.9. The van der Waals surface area contributed by atoms with Gasteiger partial charge in [0.15, 0.2) is 0 Å². The molecule has 0 atom stereocenters. The Bertz CT molecular complexity index is 1120. The molecule has 160 valence electrons. The van der Waals surface area contributed by atoms with Gasteiger partial charge in [-0.25, -0.2) is 4.79 Å². The number of benzene rings is 2. The molecule has 7 heteroatoms. The molecule has 0 unspecified atom stereocenters. The first-order valence-corrected chi connectivity index (χ1v) is 10.5. The molecule has 2 amide bonds. The lowest BCUT2D eigenvalue weighted by Gasteiger charge is -2.46. The third kappa shape index (κ3) is 3.26. The standard InChI is InChI=1S/C24H26N4O3/c1-30-17-9-10-20-19(16-17)26-24(22-8-5-13-28(20)22)11-14-27(15-12-24)23(29)25-18-6-3-4-7-21(18)31-2/h3-10,13,16,26H,11-12,14-15H2,1-2H3,(H,25,29). The minimum absolute atomic E-state index is 0.104. The van der Waals surface area contributed by atoms with Gasteiger partial charge >= 0.3 is 6.03 Å². The van der Waals surface area contributed by atoms with Crippen LogP contribution in [-0.4, -0.2) is 42.8 Å². The summed E-state index contributed by atoms with van der Waals surface area (Å²) in [5, 5.41) is 6.76. The number of methoxy groups -OCH3 is 2. The molecule has 3 heterocycles. The van der Waals surface area contributed by atoms with Gasteiger partial charge in [-0.05, 0) is 49.2 Å². The molecule has 0 bridgehead atoms. The summed E-state index contributed by atoms with van der Waals surface area (Å²) in [5.74, 6) is 1.48. The van der Waals surface area contributed by atoms with Crippen LogP contribution in [0.2, 0.25) is 0 Å². The van der Waals surface area contributed by atoms with Gasteiger partial charge in [0, 0.05) is 31.0 Å². The lowest BCUT2D eigenvalue weighted by atomic mass is 9.82. The van der Waals surface area contributed by atoms with Crippen LogP contribution >= 0.6 is 0 Å². The van der Waals surface area contributed by atoms with Crippen molar-refractivity contribution in [1.82, 2.24) is 9.47 Å². The molecule has 1 aromatic heterocycles. The van der Waals surface area contributed by atoms with Crippen LogP contribution in [0, 0.1) is 0 Å². The molecule has 1 saturated heterocycles. The topological polar surface area (TPSA) is 67.8 Å². The fraction of sp³-hybridized carbons (Fsp3) is 0.292. The van der Waals surface area contributed by atoms with E-state index in [0.717, 1.165) is 30.0 Å². The number of likely N-dealkylation sites (tertiary alicyclic amines) is 1. The number of nitrogens with one attached hydrogen (secondary N) is 2. The quantitative estimate of drug-likeness (QED) is 0.660. The molecule has 5 rings (SSSR count). The fourth-order valence-electron chi connectivity index (χ4n) is 4.67. The summed E-state index contributed by atoms with van der Waals surface area (Å²) in [7, 11) is 3.28. The first-order chi connectivity index (χ1) is 15.1. The van der Waals surface area contributed by atoms with Crippen molar-refractivity contribution in [2.24, 2.45) is 0 Å². The molecule has 1 spiro atoms. The molecule has 7 nitrogen and oxygen atoms in total. The number of para-hydroxylation sites is 2. The molecular formula is C24H26N4O3. The van der Waals surface area contributed by atoms with Crippen LogP contribution in [0.25, 0.3) is 5.69 Å². The second-order valence-corrected chi connectivity index (χ2v) is 7.97. The van der Waals surface area contributed by atoms with Gasteiger partial charge in [0.25, 0.3) is 0 Å². The first kappa shape index (κ1) is 19.4. The Morgan fingerprint density at radius 1 is 1.03 bits per heavy atom. The minimum atomic E-state index is -0.218. The molecule has 0 saturated carbocycles. The van der Waals surface area contributed by atoms with Crippen LogP contribution in [-0.2, 0) is 5.54 Å². The number of rotatable bonds is 3. The van der Waals surface area contributed by atoms with E-state index in [1.54, 1.807) is 14.2 Å². The Balaban J connectivity index is 1.35. The number of anilines is 2. The molecule has 2 aliphatic rings. The Morgan fingerprint density at radius 3 is 2.61 bits per heavy atom. The van der Waals surface area contributed by atoms with E-state index in [9.17, 15) is 4.79 Å².